The largest absolute Gasteiger partial charge is 0.405 e. The number of rotatable bonds is 2. The van der Waals surface area contributed by atoms with Crippen LogP contribution in [0.25, 0.3) is 0 Å². The van der Waals surface area contributed by atoms with Gasteiger partial charge in [-0.15, -0.1) is 0 Å². The van der Waals surface area contributed by atoms with Gasteiger partial charge in [-0.05, 0) is 37.3 Å². The van der Waals surface area contributed by atoms with E-state index in [1.54, 1.807) is 6.08 Å². The molecule has 2 nitrogen and oxygen atoms in total. The summed E-state index contributed by atoms with van der Waals surface area (Å²) in [7, 11) is 0. The Hall–Kier alpha value is -1.57. The molecule has 0 heterocycles. The van der Waals surface area contributed by atoms with Crippen LogP contribution < -0.4 is 5.73 Å². The number of nitrogens with one attached hydrogen (secondary N) is 1. The van der Waals surface area contributed by atoms with E-state index in [1.807, 2.05) is 32.0 Å². The van der Waals surface area contributed by atoms with E-state index in [1.165, 1.54) is 6.20 Å². The van der Waals surface area contributed by atoms with Crippen LogP contribution in [0.5, 0.6) is 0 Å². The molecule has 1 aromatic rings. The number of nitrogens with two attached hydrogens (primary N) is 1. The maximum absolute atomic E-state index is 7.74. The average Bonchev–Trinajstić information content (AvgIpc) is 2.04. The van der Waals surface area contributed by atoms with Gasteiger partial charge in [-0.1, -0.05) is 18.2 Å². The monoisotopic (exact) mass is 174 g/mol. The maximum Gasteiger partial charge on any atom is 0.0631 e. The van der Waals surface area contributed by atoms with Crippen molar-refractivity contribution in [1.29, 1.82) is 5.41 Å². The van der Waals surface area contributed by atoms with Gasteiger partial charge < -0.3 is 11.1 Å². The molecule has 0 atom stereocenters. The fourth-order valence-electron chi connectivity index (χ4n) is 1.42. The van der Waals surface area contributed by atoms with Crippen molar-refractivity contribution in [3.63, 3.8) is 0 Å². The zero-order valence-corrected chi connectivity index (χ0v) is 7.96. The van der Waals surface area contributed by atoms with Gasteiger partial charge in [0.25, 0.3) is 0 Å². The van der Waals surface area contributed by atoms with Crippen LogP contribution in [0.4, 0.5) is 0 Å². The lowest BCUT2D eigenvalue weighted by molar-refractivity contribution is 1.33. The third-order valence-electron chi connectivity index (χ3n) is 2.01. The molecule has 0 fully saturated rings. The van der Waals surface area contributed by atoms with Crippen molar-refractivity contribution >= 4 is 5.71 Å². The highest BCUT2D eigenvalue weighted by molar-refractivity contribution is 6.08. The third kappa shape index (κ3) is 1.96. The van der Waals surface area contributed by atoms with Crippen molar-refractivity contribution in [1.82, 2.24) is 0 Å². The molecule has 0 aliphatic heterocycles. The molecule has 68 valence electrons. The van der Waals surface area contributed by atoms with Crippen LogP contribution in [0.15, 0.2) is 30.5 Å². The van der Waals surface area contributed by atoms with E-state index < -0.39 is 0 Å². The fraction of sp³-hybridized carbons (Fsp3) is 0.182. The van der Waals surface area contributed by atoms with E-state index in [-0.39, 0.29) is 0 Å². The maximum atomic E-state index is 7.74. The van der Waals surface area contributed by atoms with E-state index in [4.69, 9.17) is 11.1 Å². The molecule has 1 aromatic carbocycles. The number of allylic oxidation sites excluding steroid dienone is 1. The summed E-state index contributed by atoms with van der Waals surface area (Å²) in [6.07, 6.45) is 3.00. The normalized spacial score (nSPS) is 10.6. The summed E-state index contributed by atoms with van der Waals surface area (Å²) in [5.41, 5.74) is 8.92. The van der Waals surface area contributed by atoms with Crippen molar-refractivity contribution < 1.29 is 0 Å². The van der Waals surface area contributed by atoms with Crippen LogP contribution >= 0.6 is 0 Å². The van der Waals surface area contributed by atoms with Gasteiger partial charge in [0.1, 0.15) is 0 Å². The zero-order chi connectivity index (χ0) is 9.84. The van der Waals surface area contributed by atoms with Crippen molar-refractivity contribution in [3.05, 3.63) is 47.2 Å². The summed E-state index contributed by atoms with van der Waals surface area (Å²) in [6, 6.07) is 6.00. The molecule has 2 heteroatoms. The average molecular weight is 174 g/mol. The topological polar surface area (TPSA) is 49.9 Å². The molecule has 0 aromatic heterocycles. The minimum atomic E-state index is 0.470. The first-order chi connectivity index (χ1) is 6.16. The lowest BCUT2D eigenvalue weighted by Gasteiger charge is -2.07. The Morgan fingerprint density at radius 2 is 1.85 bits per heavy atom. The van der Waals surface area contributed by atoms with Gasteiger partial charge in [-0.25, -0.2) is 0 Å². The Bertz CT molecular complexity index is 331. The van der Waals surface area contributed by atoms with Crippen LogP contribution in [-0.4, -0.2) is 5.71 Å². The molecule has 0 spiro atoms. The van der Waals surface area contributed by atoms with Crippen LogP contribution in [0.3, 0.4) is 0 Å². The molecular weight excluding hydrogens is 160 g/mol. The van der Waals surface area contributed by atoms with Gasteiger partial charge in [0, 0.05) is 5.56 Å². The van der Waals surface area contributed by atoms with E-state index in [2.05, 4.69) is 0 Å². The van der Waals surface area contributed by atoms with Gasteiger partial charge in [0.05, 0.1) is 5.71 Å². The molecule has 13 heavy (non-hydrogen) atoms. The molecular formula is C11H14N2. The zero-order valence-electron chi connectivity index (χ0n) is 7.96. The molecule has 1 rings (SSSR count). The van der Waals surface area contributed by atoms with E-state index >= 15 is 0 Å². The summed E-state index contributed by atoms with van der Waals surface area (Å²) < 4.78 is 0. The summed E-state index contributed by atoms with van der Waals surface area (Å²) in [6.45, 7) is 4.00. The van der Waals surface area contributed by atoms with Gasteiger partial charge >= 0.3 is 0 Å². The fourth-order valence-corrected chi connectivity index (χ4v) is 1.42. The summed E-state index contributed by atoms with van der Waals surface area (Å²) in [4.78, 5) is 0. The van der Waals surface area contributed by atoms with Crippen LogP contribution in [0.1, 0.15) is 16.7 Å². The molecule has 0 radical (unpaired) electrons. The second-order valence-corrected chi connectivity index (χ2v) is 3.04. The lowest BCUT2D eigenvalue weighted by atomic mass is 9.99. The van der Waals surface area contributed by atoms with E-state index in [9.17, 15) is 0 Å². The predicted octanol–water partition coefficient (Wildman–Crippen LogP) is 2.14. The molecule has 0 aliphatic carbocycles. The SMILES string of the molecule is Cc1cccc(C)c1C(=N)/C=C\N. The second-order valence-electron chi connectivity index (χ2n) is 3.04. The van der Waals surface area contributed by atoms with Crippen LogP contribution in [0, 0.1) is 19.3 Å². The second kappa shape index (κ2) is 3.90. The highest BCUT2D eigenvalue weighted by atomic mass is 14.5. The Kier molecular flexibility index (Phi) is 2.85. The van der Waals surface area contributed by atoms with Crippen LogP contribution in [0.2, 0.25) is 0 Å². The summed E-state index contributed by atoms with van der Waals surface area (Å²) in [5, 5.41) is 7.74. The lowest BCUT2D eigenvalue weighted by Crippen LogP contribution is -2.01. The standard InChI is InChI=1S/C11H14N2/c1-8-4-3-5-9(2)11(8)10(13)6-7-12/h3-7,13H,12H2,1-2H3/b7-6-,13-10?. The molecule has 0 unspecified atom stereocenters. The molecule has 0 bridgehead atoms. The first-order valence-corrected chi connectivity index (χ1v) is 4.20. The molecule has 0 saturated heterocycles. The van der Waals surface area contributed by atoms with Crippen molar-refractivity contribution in [2.75, 3.05) is 0 Å². The van der Waals surface area contributed by atoms with Crippen molar-refractivity contribution in [2.24, 2.45) is 5.73 Å². The Balaban J connectivity index is 3.20. The number of hydrogen-bond donors (Lipinski definition) is 2. The van der Waals surface area contributed by atoms with Crippen molar-refractivity contribution in [3.8, 4) is 0 Å². The number of hydrogen-bond acceptors (Lipinski definition) is 2. The smallest absolute Gasteiger partial charge is 0.0631 e. The highest BCUT2D eigenvalue weighted by Crippen LogP contribution is 2.13. The summed E-state index contributed by atoms with van der Waals surface area (Å²) >= 11 is 0. The minimum Gasteiger partial charge on any atom is -0.405 e. The van der Waals surface area contributed by atoms with Crippen molar-refractivity contribution in [2.45, 2.75) is 13.8 Å². The van der Waals surface area contributed by atoms with E-state index in [0.717, 1.165) is 16.7 Å². The van der Waals surface area contributed by atoms with E-state index in [0.29, 0.717) is 5.71 Å². The first kappa shape index (κ1) is 9.52. The quantitative estimate of drug-likeness (QED) is 0.663. The number of aryl methyl sites for hydroxylation is 2. The van der Waals surface area contributed by atoms with Gasteiger partial charge in [-0.3, -0.25) is 0 Å². The van der Waals surface area contributed by atoms with Gasteiger partial charge in [-0.2, -0.15) is 0 Å². The number of benzene rings is 1. The van der Waals surface area contributed by atoms with Crippen LogP contribution in [-0.2, 0) is 0 Å². The molecule has 0 amide bonds. The van der Waals surface area contributed by atoms with Gasteiger partial charge in [0.2, 0.25) is 0 Å². The minimum absolute atomic E-state index is 0.470. The highest BCUT2D eigenvalue weighted by Gasteiger charge is 2.04. The Labute approximate surface area is 78.6 Å². The van der Waals surface area contributed by atoms with Gasteiger partial charge in [0.15, 0.2) is 0 Å². The Morgan fingerprint density at radius 1 is 1.31 bits per heavy atom. The third-order valence-corrected chi connectivity index (χ3v) is 2.01. The Morgan fingerprint density at radius 3 is 2.31 bits per heavy atom. The first-order valence-electron chi connectivity index (χ1n) is 4.20. The molecule has 3 N–H and O–H groups in total. The molecule has 0 saturated carbocycles. The summed E-state index contributed by atoms with van der Waals surface area (Å²) in [5.74, 6) is 0. The predicted molar refractivity (Wildman–Crippen MR) is 56.1 cm³/mol. The molecule has 0 aliphatic rings.